The fraction of sp³-hybridized carbons (Fsp3) is 0.615. The highest BCUT2D eigenvalue weighted by Crippen LogP contribution is 2.27. The molecule has 0 radical (unpaired) electrons. The Hall–Kier alpha value is -2.71. The fourth-order valence-electron chi connectivity index (χ4n) is 3.33. The lowest BCUT2D eigenvalue weighted by Crippen LogP contribution is -2.54. The second-order valence-corrected chi connectivity index (χ2v) is 9.45. The van der Waals surface area contributed by atoms with Crippen molar-refractivity contribution >= 4 is 28.4 Å². The van der Waals surface area contributed by atoms with Gasteiger partial charge in [-0.1, -0.05) is 31.2 Å². The third kappa shape index (κ3) is 11.5. The quantitative estimate of drug-likeness (QED) is 0.104. The monoisotopic (exact) mass is 568 g/mol. The Bertz CT molecular complexity index is 1030. The summed E-state index contributed by atoms with van der Waals surface area (Å²) in [4.78, 5) is 34.9. The summed E-state index contributed by atoms with van der Waals surface area (Å²) in [5.41, 5.74) is 4.77. The van der Waals surface area contributed by atoms with E-state index >= 15 is 0 Å². The van der Waals surface area contributed by atoms with Crippen LogP contribution in [0.3, 0.4) is 0 Å². The highest BCUT2D eigenvalue weighted by molar-refractivity contribution is 8.16. The molecule has 0 unspecified atom stereocenters. The summed E-state index contributed by atoms with van der Waals surface area (Å²) >= 11 is 1.31. The van der Waals surface area contributed by atoms with Gasteiger partial charge >= 0.3 is 5.63 Å². The van der Waals surface area contributed by atoms with Crippen molar-refractivity contribution in [3.63, 3.8) is 0 Å². The predicted octanol–water partition coefficient (Wildman–Crippen LogP) is 2.42. The molecule has 0 spiro atoms. The van der Waals surface area contributed by atoms with E-state index in [4.69, 9.17) is 33.9 Å². The average molecular weight is 569 g/mol. The molecule has 3 N–H and O–H groups in total. The van der Waals surface area contributed by atoms with Crippen LogP contribution in [0, 0.1) is 0 Å². The number of carbonyl (C=O) groups excluding carboxylic acids is 1. The van der Waals surface area contributed by atoms with Crippen LogP contribution in [0.25, 0.3) is 0 Å². The van der Waals surface area contributed by atoms with Crippen LogP contribution in [-0.2, 0) is 23.8 Å². The van der Waals surface area contributed by atoms with Crippen molar-refractivity contribution in [1.29, 1.82) is 0 Å². The Labute approximate surface area is 233 Å². The van der Waals surface area contributed by atoms with Crippen LogP contribution in [0.4, 0.5) is 0 Å². The Morgan fingerprint density at radius 2 is 1.92 bits per heavy atom. The van der Waals surface area contributed by atoms with Gasteiger partial charge in [-0.25, -0.2) is 9.79 Å². The Morgan fingerprint density at radius 1 is 1.23 bits per heavy atom. The number of nitrogens with two attached hydrogens (primary N) is 1. The first-order valence-electron chi connectivity index (χ1n) is 12.9. The molecule has 1 aliphatic rings. The number of nitrogens with zero attached hydrogens (tertiary/aromatic N) is 2. The first-order chi connectivity index (χ1) is 18.8. The number of thioether (sulfide) groups is 1. The zero-order chi connectivity index (χ0) is 28.5. The van der Waals surface area contributed by atoms with Gasteiger partial charge < -0.3 is 33.5 Å². The molecule has 2 heterocycles. The normalized spacial score (nSPS) is 17.9. The second kappa shape index (κ2) is 17.8. The number of aliphatic imine (C=N–C) groups is 1. The van der Waals surface area contributed by atoms with Gasteiger partial charge in [0.2, 0.25) is 0 Å². The highest BCUT2D eigenvalue weighted by atomic mass is 32.2. The predicted molar refractivity (Wildman–Crippen MR) is 150 cm³/mol. The van der Waals surface area contributed by atoms with Gasteiger partial charge in [-0.2, -0.15) is 0 Å². The summed E-state index contributed by atoms with van der Waals surface area (Å²) in [5.74, 6) is 0.340. The summed E-state index contributed by atoms with van der Waals surface area (Å²) in [5, 5.41) is 7.45. The lowest BCUT2D eigenvalue weighted by atomic mass is 10.1. The van der Waals surface area contributed by atoms with Gasteiger partial charge in [0.05, 0.1) is 45.1 Å². The molecule has 2 rings (SSSR count). The van der Waals surface area contributed by atoms with Crippen LogP contribution >= 0.6 is 11.8 Å². The molecule has 39 heavy (non-hydrogen) atoms. The minimum atomic E-state index is -1.51. The Morgan fingerprint density at radius 3 is 2.59 bits per heavy atom. The number of hydrogen-bond acceptors (Lipinski definition) is 12. The van der Waals surface area contributed by atoms with Crippen molar-refractivity contribution in [3.8, 4) is 5.75 Å². The number of nitrogens with one attached hydrogen (secondary N) is 1. The van der Waals surface area contributed by atoms with Crippen LogP contribution in [0.15, 0.2) is 44.1 Å². The van der Waals surface area contributed by atoms with E-state index < -0.39 is 23.2 Å². The summed E-state index contributed by atoms with van der Waals surface area (Å²) in [6.07, 6.45) is 2.81. The number of oxime groups is 1. The number of amides is 1. The van der Waals surface area contributed by atoms with E-state index in [1.165, 1.54) is 17.8 Å². The summed E-state index contributed by atoms with van der Waals surface area (Å²) in [7, 11) is 0. The summed E-state index contributed by atoms with van der Waals surface area (Å²) < 4.78 is 26.8. The van der Waals surface area contributed by atoms with Crippen LogP contribution in [0.2, 0.25) is 0 Å². The van der Waals surface area contributed by atoms with E-state index in [1.54, 1.807) is 19.1 Å². The molecule has 0 saturated carbocycles. The van der Waals surface area contributed by atoms with Crippen LogP contribution in [0.5, 0.6) is 5.75 Å². The minimum Gasteiger partial charge on any atom is -0.489 e. The smallest absolute Gasteiger partial charge is 0.339 e. The molecule has 13 heteroatoms. The molecule has 1 amide bonds. The lowest BCUT2D eigenvalue weighted by molar-refractivity contribution is -0.126. The van der Waals surface area contributed by atoms with Crippen molar-refractivity contribution in [2.75, 3.05) is 58.6 Å². The van der Waals surface area contributed by atoms with Gasteiger partial charge in [-0.3, -0.25) is 10.5 Å². The van der Waals surface area contributed by atoms with Gasteiger partial charge in [0, 0.05) is 18.4 Å². The van der Waals surface area contributed by atoms with Crippen LogP contribution < -0.4 is 21.4 Å². The van der Waals surface area contributed by atoms with Gasteiger partial charge in [-0.15, -0.1) is 11.8 Å². The molecule has 0 fully saturated rings. The van der Waals surface area contributed by atoms with Gasteiger partial charge in [0.1, 0.15) is 35.5 Å². The first kappa shape index (κ1) is 32.5. The maximum absolute atomic E-state index is 13.2. The standard InChI is InChI=1S/C26H40N4O8S/c1-5-8-21(22-16-20(36-9-6-2)17-23(31)38-22)28-25(32)26(27)18-39-24(29-26)19(4)30-37-15-14-35-13-12-34-11-10-33-7-3/h6,16-17,21H,2,5,7-15,18,27H2,1,3-4H3,(H,28,32)/b30-19+/t21-,26+/m1/s1. The third-order valence-corrected chi connectivity index (χ3v) is 6.50. The number of ether oxygens (including phenoxy) is 4. The van der Waals surface area contributed by atoms with E-state index in [0.29, 0.717) is 62.6 Å². The van der Waals surface area contributed by atoms with E-state index in [-0.39, 0.29) is 24.7 Å². The van der Waals surface area contributed by atoms with Crippen molar-refractivity contribution in [3.05, 3.63) is 41.0 Å². The molecule has 2 atom stereocenters. The van der Waals surface area contributed by atoms with Gasteiger partial charge in [0.25, 0.3) is 5.91 Å². The molecule has 0 aliphatic carbocycles. The van der Waals surface area contributed by atoms with Gasteiger partial charge in [0.15, 0.2) is 5.66 Å². The lowest BCUT2D eigenvalue weighted by Gasteiger charge is -2.24. The van der Waals surface area contributed by atoms with Crippen molar-refractivity contribution in [1.82, 2.24) is 5.32 Å². The molecular formula is C26H40N4O8S. The molecule has 0 aromatic carbocycles. The van der Waals surface area contributed by atoms with Crippen molar-refractivity contribution in [2.24, 2.45) is 15.9 Å². The zero-order valence-corrected chi connectivity index (χ0v) is 23.8. The largest absolute Gasteiger partial charge is 0.489 e. The summed E-state index contributed by atoms with van der Waals surface area (Å²) in [6.45, 7) is 12.7. The highest BCUT2D eigenvalue weighted by Gasteiger charge is 2.41. The number of rotatable bonds is 20. The van der Waals surface area contributed by atoms with Gasteiger partial charge in [-0.05, 0) is 20.3 Å². The molecule has 1 aromatic rings. The first-order valence-corrected chi connectivity index (χ1v) is 13.9. The van der Waals surface area contributed by atoms with Crippen LogP contribution in [0.1, 0.15) is 45.4 Å². The minimum absolute atomic E-state index is 0.221. The number of hydrogen-bond donors (Lipinski definition) is 2. The van der Waals surface area contributed by atoms with Crippen molar-refractivity contribution in [2.45, 2.75) is 45.3 Å². The van der Waals surface area contributed by atoms with Crippen LogP contribution in [-0.4, -0.2) is 80.9 Å². The average Bonchev–Trinajstić information content (AvgIpc) is 3.33. The Kier molecular flexibility index (Phi) is 14.8. The van der Waals surface area contributed by atoms with Crippen molar-refractivity contribution < 1.29 is 33.0 Å². The fourth-order valence-corrected chi connectivity index (χ4v) is 4.35. The molecule has 1 aromatic heterocycles. The maximum Gasteiger partial charge on any atom is 0.339 e. The molecule has 0 bridgehead atoms. The van der Waals surface area contributed by atoms with E-state index in [2.05, 4.69) is 22.0 Å². The molecule has 0 saturated heterocycles. The SMILES string of the molecule is C=CCOc1cc([C@@H](CCC)NC(=O)[C@]2(N)CSC(/C(C)=N/OCCOCCOCCOCC)=N2)oc(=O)c1. The maximum atomic E-state index is 13.2. The molecule has 12 nitrogen and oxygen atoms in total. The zero-order valence-electron chi connectivity index (χ0n) is 22.9. The number of carbonyl (C=O) groups is 1. The van der Waals surface area contributed by atoms with E-state index in [0.717, 1.165) is 6.42 Å². The topological polar surface area (TPSA) is 156 Å². The Balaban J connectivity index is 1.88. The molecule has 218 valence electrons. The summed E-state index contributed by atoms with van der Waals surface area (Å²) in [6, 6.07) is 2.24. The molecular weight excluding hydrogens is 528 g/mol. The molecule has 1 aliphatic heterocycles. The second-order valence-electron chi connectivity index (χ2n) is 8.49. The van der Waals surface area contributed by atoms with E-state index in [1.807, 2.05) is 13.8 Å². The third-order valence-electron chi connectivity index (χ3n) is 5.26. The van der Waals surface area contributed by atoms with E-state index in [9.17, 15) is 9.59 Å².